The molecule has 0 unspecified atom stereocenters. The Morgan fingerprint density at radius 1 is 1.38 bits per heavy atom. The fourth-order valence-corrected chi connectivity index (χ4v) is 1.55. The summed E-state index contributed by atoms with van der Waals surface area (Å²) in [4.78, 5) is 11.4. The van der Waals surface area contributed by atoms with Gasteiger partial charge in [-0.05, 0) is 36.5 Å². The molecule has 0 spiro atoms. The van der Waals surface area contributed by atoms with E-state index < -0.39 is 0 Å². The number of carbonyl (C=O) groups is 1. The summed E-state index contributed by atoms with van der Waals surface area (Å²) in [6.07, 6.45) is 3.06. The van der Waals surface area contributed by atoms with Gasteiger partial charge in [-0.25, -0.2) is 0 Å². The van der Waals surface area contributed by atoms with Crippen LogP contribution in [0.15, 0.2) is 24.3 Å². The van der Waals surface area contributed by atoms with E-state index in [4.69, 9.17) is 5.26 Å². The summed E-state index contributed by atoms with van der Waals surface area (Å²) in [7, 11) is 0. The highest BCUT2D eigenvalue weighted by molar-refractivity contribution is 5.76. The van der Waals surface area contributed by atoms with E-state index in [1.807, 2.05) is 12.1 Å². The van der Waals surface area contributed by atoms with Gasteiger partial charge in [0.05, 0.1) is 11.6 Å². The second-order valence-corrected chi connectivity index (χ2v) is 4.23. The molecule has 0 saturated heterocycles. The molecule has 1 aromatic carbocycles. The third kappa shape index (κ3) is 3.09. The lowest BCUT2D eigenvalue weighted by molar-refractivity contribution is -0.121. The predicted molar refractivity (Wildman–Crippen MR) is 60.3 cm³/mol. The largest absolute Gasteiger partial charge is 0.352 e. The minimum absolute atomic E-state index is 0.131. The Bertz CT molecular complexity index is 413. The fraction of sp³-hybridized carbons (Fsp3) is 0.385. The molecule has 0 bridgehead atoms. The molecule has 3 heteroatoms. The third-order valence-corrected chi connectivity index (χ3v) is 2.74. The zero-order valence-electron chi connectivity index (χ0n) is 9.07. The van der Waals surface area contributed by atoms with E-state index in [2.05, 4.69) is 11.4 Å². The molecule has 0 radical (unpaired) electrons. The van der Waals surface area contributed by atoms with E-state index in [0.717, 1.165) is 5.56 Å². The predicted octanol–water partition coefficient (Wildman–Crippen LogP) is 1.97. The maximum atomic E-state index is 11.4. The minimum atomic E-state index is 0.131. The molecule has 0 aromatic heterocycles. The number of hydrogen-bond donors (Lipinski definition) is 1. The van der Waals surface area contributed by atoms with Crippen molar-refractivity contribution < 1.29 is 4.79 Å². The zero-order chi connectivity index (χ0) is 11.4. The van der Waals surface area contributed by atoms with Gasteiger partial charge in [0.2, 0.25) is 5.91 Å². The standard InChI is InChI=1S/C13H14N2O/c14-8-11-3-5-12(6-4-11)9-15-13(16)7-10-1-2-10/h3-6,10H,1-2,7,9H2,(H,15,16). The first-order chi connectivity index (χ1) is 7.78. The zero-order valence-corrected chi connectivity index (χ0v) is 9.07. The van der Waals surface area contributed by atoms with Crippen molar-refractivity contribution in [2.75, 3.05) is 0 Å². The van der Waals surface area contributed by atoms with Crippen LogP contribution in [0.1, 0.15) is 30.4 Å². The molecule has 1 amide bonds. The van der Waals surface area contributed by atoms with Crippen LogP contribution >= 0.6 is 0 Å². The molecule has 2 rings (SSSR count). The molecule has 16 heavy (non-hydrogen) atoms. The quantitative estimate of drug-likeness (QED) is 0.833. The summed E-state index contributed by atoms with van der Waals surface area (Å²) >= 11 is 0. The van der Waals surface area contributed by atoms with Crippen molar-refractivity contribution in [1.82, 2.24) is 5.32 Å². The molecule has 1 aromatic rings. The molecule has 0 atom stereocenters. The van der Waals surface area contributed by atoms with Gasteiger partial charge < -0.3 is 5.32 Å². The van der Waals surface area contributed by atoms with Crippen LogP contribution in [0.25, 0.3) is 0 Å². The molecular formula is C13H14N2O. The smallest absolute Gasteiger partial charge is 0.220 e. The third-order valence-electron chi connectivity index (χ3n) is 2.74. The Morgan fingerprint density at radius 3 is 2.62 bits per heavy atom. The van der Waals surface area contributed by atoms with Crippen LogP contribution in [0.3, 0.4) is 0 Å². The molecule has 82 valence electrons. The summed E-state index contributed by atoms with van der Waals surface area (Å²) < 4.78 is 0. The summed E-state index contributed by atoms with van der Waals surface area (Å²) in [5.41, 5.74) is 1.68. The number of amides is 1. The van der Waals surface area contributed by atoms with Crippen molar-refractivity contribution in [2.24, 2.45) is 5.92 Å². The van der Waals surface area contributed by atoms with Crippen LogP contribution in [0.2, 0.25) is 0 Å². The Labute approximate surface area is 95.1 Å². The van der Waals surface area contributed by atoms with E-state index in [9.17, 15) is 4.79 Å². The first-order valence-electron chi connectivity index (χ1n) is 5.53. The molecule has 0 aliphatic heterocycles. The first kappa shape index (κ1) is 10.7. The summed E-state index contributed by atoms with van der Waals surface area (Å²) in [6.45, 7) is 0.553. The number of nitrogens with one attached hydrogen (secondary N) is 1. The Hall–Kier alpha value is -1.82. The minimum Gasteiger partial charge on any atom is -0.352 e. The van der Waals surface area contributed by atoms with Gasteiger partial charge in [0.1, 0.15) is 0 Å². The van der Waals surface area contributed by atoms with E-state index >= 15 is 0 Å². The second kappa shape index (κ2) is 4.80. The SMILES string of the molecule is N#Cc1ccc(CNC(=O)CC2CC2)cc1. The Morgan fingerprint density at radius 2 is 2.06 bits per heavy atom. The highest BCUT2D eigenvalue weighted by Gasteiger charge is 2.23. The van der Waals surface area contributed by atoms with Crippen molar-refractivity contribution in [3.8, 4) is 6.07 Å². The average Bonchev–Trinajstić information content (AvgIpc) is 3.11. The van der Waals surface area contributed by atoms with Crippen LogP contribution in [0.5, 0.6) is 0 Å². The van der Waals surface area contributed by atoms with Crippen molar-refractivity contribution >= 4 is 5.91 Å². The van der Waals surface area contributed by atoms with Gasteiger partial charge in [-0.2, -0.15) is 5.26 Å². The van der Waals surface area contributed by atoms with E-state index in [0.29, 0.717) is 24.4 Å². The highest BCUT2D eigenvalue weighted by Crippen LogP contribution is 2.32. The highest BCUT2D eigenvalue weighted by atomic mass is 16.1. The molecule has 1 aliphatic rings. The first-order valence-corrected chi connectivity index (χ1v) is 5.53. The maximum Gasteiger partial charge on any atom is 0.220 e. The van der Waals surface area contributed by atoms with Crippen molar-refractivity contribution in [3.63, 3.8) is 0 Å². The number of nitriles is 1. The summed E-state index contributed by atoms with van der Waals surface area (Å²) in [5, 5.41) is 11.5. The van der Waals surface area contributed by atoms with E-state index in [1.165, 1.54) is 12.8 Å². The Balaban J connectivity index is 1.79. The van der Waals surface area contributed by atoms with Crippen LogP contribution in [0.4, 0.5) is 0 Å². The van der Waals surface area contributed by atoms with Gasteiger partial charge in [-0.1, -0.05) is 12.1 Å². The monoisotopic (exact) mass is 214 g/mol. The average molecular weight is 214 g/mol. The molecular weight excluding hydrogens is 200 g/mol. The number of rotatable bonds is 4. The lowest BCUT2D eigenvalue weighted by Crippen LogP contribution is -2.22. The van der Waals surface area contributed by atoms with E-state index in [1.54, 1.807) is 12.1 Å². The number of hydrogen-bond acceptors (Lipinski definition) is 2. The van der Waals surface area contributed by atoms with Crippen LogP contribution in [-0.4, -0.2) is 5.91 Å². The van der Waals surface area contributed by atoms with Crippen LogP contribution < -0.4 is 5.32 Å². The topological polar surface area (TPSA) is 52.9 Å². The van der Waals surface area contributed by atoms with Gasteiger partial charge in [-0.15, -0.1) is 0 Å². The van der Waals surface area contributed by atoms with Crippen molar-refractivity contribution in [1.29, 1.82) is 5.26 Å². The summed E-state index contributed by atoms with van der Waals surface area (Å²) in [6, 6.07) is 9.34. The lowest BCUT2D eigenvalue weighted by Gasteiger charge is -2.04. The van der Waals surface area contributed by atoms with Gasteiger partial charge >= 0.3 is 0 Å². The van der Waals surface area contributed by atoms with Gasteiger partial charge in [0.25, 0.3) is 0 Å². The van der Waals surface area contributed by atoms with Crippen molar-refractivity contribution in [2.45, 2.75) is 25.8 Å². The molecule has 0 heterocycles. The molecule has 3 nitrogen and oxygen atoms in total. The maximum absolute atomic E-state index is 11.4. The number of nitrogens with zero attached hydrogens (tertiary/aromatic N) is 1. The normalized spacial score (nSPS) is 14.2. The van der Waals surface area contributed by atoms with Gasteiger partial charge in [0.15, 0.2) is 0 Å². The van der Waals surface area contributed by atoms with Crippen LogP contribution in [0, 0.1) is 17.2 Å². The molecule has 1 saturated carbocycles. The molecule has 1 fully saturated rings. The van der Waals surface area contributed by atoms with Crippen molar-refractivity contribution in [3.05, 3.63) is 35.4 Å². The fourth-order valence-electron chi connectivity index (χ4n) is 1.55. The van der Waals surface area contributed by atoms with E-state index in [-0.39, 0.29) is 5.91 Å². The van der Waals surface area contributed by atoms with Crippen LogP contribution in [-0.2, 0) is 11.3 Å². The molecule has 1 aliphatic carbocycles. The van der Waals surface area contributed by atoms with Gasteiger partial charge in [0, 0.05) is 13.0 Å². The number of carbonyl (C=O) groups excluding carboxylic acids is 1. The lowest BCUT2D eigenvalue weighted by atomic mass is 10.1. The summed E-state index contributed by atoms with van der Waals surface area (Å²) in [5.74, 6) is 0.757. The molecule has 1 N–H and O–H groups in total. The second-order valence-electron chi connectivity index (χ2n) is 4.23. The Kier molecular flexibility index (Phi) is 3.21. The van der Waals surface area contributed by atoms with Gasteiger partial charge in [-0.3, -0.25) is 4.79 Å². The number of benzene rings is 1.